The highest BCUT2D eigenvalue weighted by Crippen LogP contribution is 2.17. The Balaban J connectivity index is 3.16. The van der Waals surface area contributed by atoms with Gasteiger partial charge in [0.05, 0.1) is 16.2 Å². The third-order valence-electron chi connectivity index (χ3n) is 1.89. The molecule has 0 aromatic heterocycles. The maximum atomic E-state index is 11.8. The molecule has 1 aromatic rings. The van der Waals surface area contributed by atoms with Crippen LogP contribution < -0.4 is 0 Å². The zero-order valence-electron chi connectivity index (χ0n) is 8.43. The molecule has 0 aliphatic rings. The van der Waals surface area contributed by atoms with Gasteiger partial charge in [-0.3, -0.25) is 0 Å². The van der Waals surface area contributed by atoms with E-state index >= 15 is 0 Å². The first-order chi connectivity index (χ1) is 7.86. The lowest BCUT2D eigenvalue weighted by atomic mass is 10.2. The molecule has 0 bridgehead atoms. The van der Waals surface area contributed by atoms with E-state index in [1.165, 1.54) is 18.2 Å². The molecule has 1 N–H and O–H groups in total. The largest absolute Gasteiger partial charge is 0.478 e. The zero-order valence-corrected chi connectivity index (χ0v) is 10.8. The van der Waals surface area contributed by atoms with Gasteiger partial charge in [0.25, 0.3) is 0 Å². The van der Waals surface area contributed by atoms with Gasteiger partial charge in [-0.1, -0.05) is 29.3 Å². The van der Waals surface area contributed by atoms with Crippen LogP contribution in [0, 0.1) is 0 Å². The van der Waals surface area contributed by atoms with Gasteiger partial charge in [-0.15, -0.1) is 0 Å². The van der Waals surface area contributed by atoms with E-state index in [-0.39, 0.29) is 15.5 Å². The smallest absolute Gasteiger partial charge is 0.335 e. The molecule has 0 saturated heterocycles. The normalized spacial score (nSPS) is 12.5. The van der Waals surface area contributed by atoms with Crippen LogP contribution in [-0.4, -0.2) is 25.2 Å². The first-order valence-corrected chi connectivity index (χ1v) is 6.84. The van der Waals surface area contributed by atoms with Gasteiger partial charge in [-0.25, -0.2) is 13.2 Å². The summed E-state index contributed by atoms with van der Waals surface area (Å²) in [6.45, 7) is 0. The summed E-state index contributed by atoms with van der Waals surface area (Å²) in [5.41, 5.74) is 0.859. The second kappa shape index (κ2) is 5.53. The summed E-state index contributed by atoms with van der Waals surface area (Å²) in [5.74, 6) is -1.65. The van der Waals surface area contributed by atoms with E-state index < -0.39 is 21.6 Å². The van der Waals surface area contributed by atoms with Crippen LogP contribution in [0.1, 0.15) is 10.4 Å². The van der Waals surface area contributed by atoms with Gasteiger partial charge < -0.3 is 5.11 Å². The van der Waals surface area contributed by atoms with E-state index in [0.717, 1.165) is 11.6 Å². The van der Waals surface area contributed by atoms with Crippen molar-refractivity contribution in [1.29, 1.82) is 0 Å². The maximum Gasteiger partial charge on any atom is 0.335 e. The first-order valence-electron chi connectivity index (χ1n) is 4.37. The van der Waals surface area contributed by atoms with Gasteiger partial charge in [0.1, 0.15) is 0 Å². The molecule has 0 heterocycles. The highest BCUT2D eigenvalue weighted by atomic mass is 35.5. The minimum atomic E-state index is -3.68. The van der Waals surface area contributed by atoms with Crippen LogP contribution in [0.15, 0.2) is 39.7 Å². The second-order valence-electron chi connectivity index (χ2n) is 3.15. The van der Waals surface area contributed by atoms with Crippen molar-refractivity contribution in [2.24, 2.45) is 0 Å². The summed E-state index contributed by atoms with van der Waals surface area (Å²) in [4.78, 5) is 10.6. The molecule has 1 aromatic carbocycles. The van der Waals surface area contributed by atoms with Crippen molar-refractivity contribution in [1.82, 2.24) is 0 Å². The monoisotopic (exact) mass is 294 g/mol. The van der Waals surface area contributed by atoms with E-state index in [1.54, 1.807) is 0 Å². The van der Waals surface area contributed by atoms with E-state index in [9.17, 15) is 13.2 Å². The molecule has 0 amide bonds. The predicted octanol–water partition coefficient (Wildman–Crippen LogP) is 2.48. The van der Waals surface area contributed by atoms with E-state index in [4.69, 9.17) is 28.3 Å². The first kappa shape index (κ1) is 14.0. The van der Waals surface area contributed by atoms with Crippen molar-refractivity contribution >= 4 is 39.0 Å². The lowest BCUT2D eigenvalue weighted by Gasteiger charge is -2.04. The predicted molar refractivity (Wildman–Crippen MR) is 65.2 cm³/mol. The number of rotatable bonds is 4. The number of sulfone groups is 1. The van der Waals surface area contributed by atoms with Crippen molar-refractivity contribution in [3.63, 3.8) is 0 Å². The van der Waals surface area contributed by atoms with Gasteiger partial charge in [0, 0.05) is 10.6 Å². The Morgan fingerprint density at radius 2 is 2.06 bits per heavy atom. The molecule has 0 spiro atoms. The summed E-state index contributed by atoms with van der Waals surface area (Å²) >= 11 is 10.8. The minimum Gasteiger partial charge on any atom is -0.478 e. The SMILES string of the molecule is O=C(O)c1cccc(S(=O)(=O)CC(Cl)=CCl)c1. The summed E-state index contributed by atoms with van der Waals surface area (Å²) in [6.07, 6.45) is 0. The average molecular weight is 295 g/mol. The molecule has 0 aliphatic heterocycles. The molecule has 0 radical (unpaired) electrons. The van der Waals surface area contributed by atoms with Crippen molar-refractivity contribution in [3.05, 3.63) is 40.4 Å². The molecule has 17 heavy (non-hydrogen) atoms. The average Bonchev–Trinajstić information content (AvgIpc) is 2.28. The minimum absolute atomic E-state index is 0.0348. The highest BCUT2D eigenvalue weighted by molar-refractivity contribution is 7.91. The number of hydrogen-bond acceptors (Lipinski definition) is 3. The van der Waals surface area contributed by atoms with Crippen LogP contribution in [0.4, 0.5) is 0 Å². The summed E-state index contributed by atoms with van der Waals surface area (Å²) in [6, 6.07) is 5.05. The van der Waals surface area contributed by atoms with Crippen LogP contribution in [-0.2, 0) is 9.84 Å². The van der Waals surface area contributed by atoms with Crippen molar-refractivity contribution in [3.8, 4) is 0 Å². The van der Waals surface area contributed by atoms with Crippen LogP contribution in [0.5, 0.6) is 0 Å². The number of halogens is 2. The standard InChI is InChI=1S/C10H8Cl2O4S/c11-5-8(12)6-17(15,16)9-3-1-2-7(4-9)10(13)14/h1-5H,6H2,(H,13,14). The molecule has 4 nitrogen and oxygen atoms in total. The Labute approximate surface area is 108 Å². The second-order valence-corrected chi connectivity index (χ2v) is 5.84. The third kappa shape index (κ3) is 3.73. The zero-order chi connectivity index (χ0) is 13.1. The Morgan fingerprint density at radius 1 is 1.41 bits per heavy atom. The number of benzene rings is 1. The molecule has 1 rings (SSSR count). The summed E-state index contributed by atoms with van der Waals surface area (Å²) < 4.78 is 23.6. The van der Waals surface area contributed by atoms with E-state index in [0.29, 0.717) is 0 Å². The number of carbonyl (C=O) groups is 1. The van der Waals surface area contributed by atoms with Crippen molar-refractivity contribution in [2.45, 2.75) is 4.90 Å². The molecule has 92 valence electrons. The van der Waals surface area contributed by atoms with Gasteiger partial charge in [0.2, 0.25) is 0 Å². The van der Waals surface area contributed by atoms with Gasteiger partial charge in [-0.2, -0.15) is 0 Å². The molecule has 0 unspecified atom stereocenters. The van der Waals surface area contributed by atoms with E-state index in [2.05, 4.69) is 0 Å². The molecule has 0 aliphatic carbocycles. The quantitative estimate of drug-likeness (QED) is 0.926. The topological polar surface area (TPSA) is 71.4 Å². The molecule has 0 saturated carbocycles. The Morgan fingerprint density at radius 3 is 2.59 bits per heavy atom. The Hall–Kier alpha value is -1.04. The van der Waals surface area contributed by atoms with Crippen LogP contribution >= 0.6 is 23.2 Å². The highest BCUT2D eigenvalue weighted by Gasteiger charge is 2.17. The number of aromatic carboxylic acids is 1. The number of carboxylic acids is 1. The summed E-state index contributed by atoms with van der Waals surface area (Å²) in [5, 5.41) is 8.71. The molecule has 0 fully saturated rings. The lowest BCUT2D eigenvalue weighted by molar-refractivity contribution is 0.0696. The molecular formula is C10H8Cl2O4S. The van der Waals surface area contributed by atoms with Gasteiger partial charge >= 0.3 is 5.97 Å². The van der Waals surface area contributed by atoms with Crippen LogP contribution in [0.25, 0.3) is 0 Å². The molecular weight excluding hydrogens is 287 g/mol. The van der Waals surface area contributed by atoms with Crippen molar-refractivity contribution in [2.75, 3.05) is 5.75 Å². The summed E-state index contributed by atoms with van der Waals surface area (Å²) in [7, 11) is -3.68. The van der Waals surface area contributed by atoms with Crippen molar-refractivity contribution < 1.29 is 18.3 Å². The number of carboxylic acid groups (broad SMARTS) is 1. The van der Waals surface area contributed by atoms with E-state index in [1.807, 2.05) is 0 Å². The number of hydrogen-bond donors (Lipinski definition) is 1. The Bertz CT molecular complexity index is 563. The fourth-order valence-corrected chi connectivity index (χ4v) is 2.92. The maximum absolute atomic E-state index is 11.8. The van der Waals surface area contributed by atoms with Crippen LogP contribution in [0.3, 0.4) is 0 Å². The fourth-order valence-electron chi connectivity index (χ4n) is 1.12. The Kier molecular flexibility index (Phi) is 4.56. The third-order valence-corrected chi connectivity index (χ3v) is 4.33. The lowest BCUT2D eigenvalue weighted by Crippen LogP contribution is -2.08. The van der Waals surface area contributed by atoms with Gasteiger partial charge in [-0.05, 0) is 18.2 Å². The van der Waals surface area contributed by atoms with Crippen LogP contribution in [0.2, 0.25) is 0 Å². The molecule has 0 atom stereocenters. The van der Waals surface area contributed by atoms with Gasteiger partial charge in [0.15, 0.2) is 9.84 Å². The fraction of sp³-hybridized carbons (Fsp3) is 0.100. The molecule has 7 heteroatoms.